The van der Waals surface area contributed by atoms with Gasteiger partial charge in [0.05, 0.1) is 4.90 Å². The molecule has 0 radical (unpaired) electrons. The molecule has 0 saturated carbocycles. The number of fused-ring (bicyclic) bond motifs is 1. The molecule has 3 rings (SSSR count). The van der Waals surface area contributed by atoms with Crippen LogP contribution in [-0.4, -0.2) is 41.1 Å². The fourth-order valence-electron chi connectivity index (χ4n) is 3.22. The van der Waals surface area contributed by atoms with E-state index in [4.69, 9.17) is 0 Å². The fraction of sp³-hybridized carbons (Fsp3) is 0.600. The van der Waals surface area contributed by atoms with Crippen molar-refractivity contribution in [3.8, 4) is 0 Å². The Kier molecular flexibility index (Phi) is 4.19. The summed E-state index contributed by atoms with van der Waals surface area (Å²) in [5.74, 6) is 1.47. The normalized spacial score (nSPS) is 25.3. The van der Waals surface area contributed by atoms with Crippen molar-refractivity contribution in [2.75, 3.05) is 37.6 Å². The molecule has 2 aliphatic heterocycles. The molecular formula is C15H23N3O2S. The molecule has 116 valence electrons. The second kappa shape index (κ2) is 5.94. The van der Waals surface area contributed by atoms with Crippen LogP contribution in [-0.2, 0) is 10.0 Å². The molecule has 2 heterocycles. The smallest absolute Gasteiger partial charge is 0.240 e. The first-order valence-corrected chi connectivity index (χ1v) is 9.14. The summed E-state index contributed by atoms with van der Waals surface area (Å²) in [6, 6.07) is 7.27. The van der Waals surface area contributed by atoms with E-state index in [0.717, 1.165) is 50.1 Å². The summed E-state index contributed by atoms with van der Waals surface area (Å²) in [5, 5.41) is 3.43. The first-order chi connectivity index (χ1) is 10.1. The SMILES string of the molecule is CCCNS(=O)(=O)c1ccc(N2C[C@H]3CNC[C@H]3C2)cc1. The van der Waals surface area contributed by atoms with Crippen LogP contribution in [0.3, 0.4) is 0 Å². The predicted octanol–water partition coefficient (Wildman–Crippen LogP) is 1.03. The van der Waals surface area contributed by atoms with Crippen LogP contribution in [0.1, 0.15) is 13.3 Å². The van der Waals surface area contributed by atoms with Crippen molar-refractivity contribution in [1.29, 1.82) is 0 Å². The van der Waals surface area contributed by atoms with Gasteiger partial charge < -0.3 is 10.2 Å². The second-order valence-corrected chi connectivity index (χ2v) is 7.74. The second-order valence-electron chi connectivity index (χ2n) is 5.98. The van der Waals surface area contributed by atoms with Crippen LogP contribution >= 0.6 is 0 Å². The highest BCUT2D eigenvalue weighted by Crippen LogP contribution is 2.30. The Bertz CT molecular complexity index is 573. The molecule has 2 saturated heterocycles. The topological polar surface area (TPSA) is 61.4 Å². The van der Waals surface area contributed by atoms with Gasteiger partial charge in [0.15, 0.2) is 0 Å². The summed E-state index contributed by atoms with van der Waals surface area (Å²) >= 11 is 0. The maximum absolute atomic E-state index is 12.1. The molecule has 0 aliphatic carbocycles. The average Bonchev–Trinajstić information content (AvgIpc) is 3.06. The molecule has 2 fully saturated rings. The third-order valence-corrected chi connectivity index (χ3v) is 5.92. The summed E-state index contributed by atoms with van der Waals surface area (Å²) in [6.07, 6.45) is 0.794. The van der Waals surface area contributed by atoms with Gasteiger partial charge in [-0.15, -0.1) is 0 Å². The first-order valence-electron chi connectivity index (χ1n) is 7.65. The molecule has 21 heavy (non-hydrogen) atoms. The highest BCUT2D eigenvalue weighted by molar-refractivity contribution is 7.89. The molecular weight excluding hydrogens is 286 g/mol. The molecule has 2 N–H and O–H groups in total. The highest BCUT2D eigenvalue weighted by Gasteiger charge is 2.36. The minimum absolute atomic E-state index is 0.348. The Labute approximate surface area is 126 Å². The van der Waals surface area contributed by atoms with Gasteiger partial charge in [0.2, 0.25) is 10.0 Å². The summed E-state index contributed by atoms with van der Waals surface area (Å²) in [6.45, 7) is 6.77. The molecule has 1 aromatic carbocycles. The van der Waals surface area contributed by atoms with Crippen molar-refractivity contribution in [3.05, 3.63) is 24.3 Å². The highest BCUT2D eigenvalue weighted by atomic mass is 32.2. The van der Waals surface area contributed by atoms with Crippen molar-refractivity contribution in [1.82, 2.24) is 10.0 Å². The van der Waals surface area contributed by atoms with E-state index in [1.165, 1.54) is 0 Å². The van der Waals surface area contributed by atoms with Gasteiger partial charge in [-0.3, -0.25) is 0 Å². The molecule has 6 heteroatoms. The van der Waals surface area contributed by atoms with E-state index in [1.807, 2.05) is 19.1 Å². The Morgan fingerprint density at radius 1 is 1.19 bits per heavy atom. The minimum Gasteiger partial charge on any atom is -0.371 e. The van der Waals surface area contributed by atoms with Crippen LogP contribution in [0.2, 0.25) is 0 Å². The van der Waals surface area contributed by atoms with E-state index in [9.17, 15) is 8.42 Å². The lowest BCUT2D eigenvalue weighted by Crippen LogP contribution is -2.26. The summed E-state index contributed by atoms with van der Waals surface area (Å²) < 4.78 is 26.7. The molecule has 2 atom stereocenters. The number of sulfonamides is 1. The maximum atomic E-state index is 12.1. The zero-order chi connectivity index (χ0) is 14.9. The lowest BCUT2D eigenvalue weighted by Gasteiger charge is -2.20. The van der Waals surface area contributed by atoms with Gasteiger partial charge in [0, 0.05) is 38.4 Å². The maximum Gasteiger partial charge on any atom is 0.240 e. The Balaban J connectivity index is 1.70. The van der Waals surface area contributed by atoms with E-state index < -0.39 is 10.0 Å². The standard InChI is InChI=1S/C15H23N3O2S/c1-2-7-17-21(19,20)15-5-3-14(4-6-15)18-10-12-8-16-9-13(12)11-18/h3-6,12-13,16-17H,2,7-11H2,1H3/t12-,13+. The van der Waals surface area contributed by atoms with E-state index in [0.29, 0.717) is 11.4 Å². The van der Waals surface area contributed by atoms with Crippen LogP contribution in [0.5, 0.6) is 0 Å². The molecule has 0 spiro atoms. The van der Waals surface area contributed by atoms with E-state index in [1.54, 1.807) is 12.1 Å². The monoisotopic (exact) mass is 309 g/mol. The average molecular weight is 309 g/mol. The molecule has 0 amide bonds. The van der Waals surface area contributed by atoms with Gasteiger partial charge in [-0.25, -0.2) is 13.1 Å². The van der Waals surface area contributed by atoms with Gasteiger partial charge in [-0.05, 0) is 42.5 Å². The number of anilines is 1. The number of hydrogen-bond donors (Lipinski definition) is 2. The van der Waals surface area contributed by atoms with Crippen LogP contribution in [0.25, 0.3) is 0 Å². The molecule has 0 bridgehead atoms. The van der Waals surface area contributed by atoms with Crippen molar-refractivity contribution >= 4 is 15.7 Å². The molecule has 1 aromatic rings. The molecule has 0 aromatic heterocycles. The van der Waals surface area contributed by atoms with E-state index in [-0.39, 0.29) is 0 Å². The molecule has 0 unspecified atom stereocenters. The Hall–Kier alpha value is -1.11. The van der Waals surface area contributed by atoms with Gasteiger partial charge in [0.25, 0.3) is 0 Å². The van der Waals surface area contributed by atoms with Gasteiger partial charge >= 0.3 is 0 Å². The number of rotatable bonds is 5. The van der Waals surface area contributed by atoms with Crippen molar-refractivity contribution < 1.29 is 8.42 Å². The van der Waals surface area contributed by atoms with Gasteiger partial charge in [0.1, 0.15) is 0 Å². The molecule has 5 nitrogen and oxygen atoms in total. The summed E-state index contributed by atoms with van der Waals surface area (Å²) in [7, 11) is -3.36. The number of benzene rings is 1. The number of hydrogen-bond acceptors (Lipinski definition) is 4. The van der Waals surface area contributed by atoms with Crippen LogP contribution in [0, 0.1) is 11.8 Å². The van der Waals surface area contributed by atoms with E-state index >= 15 is 0 Å². The third kappa shape index (κ3) is 3.07. The zero-order valence-corrected chi connectivity index (χ0v) is 13.2. The van der Waals surface area contributed by atoms with Crippen molar-refractivity contribution in [2.24, 2.45) is 11.8 Å². The Morgan fingerprint density at radius 3 is 2.38 bits per heavy atom. The third-order valence-electron chi connectivity index (χ3n) is 4.44. The van der Waals surface area contributed by atoms with Crippen molar-refractivity contribution in [2.45, 2.75) is 18.2 Å². The number of nitrogens with zero attached hydrogens (tertiary/aromatic N) is 1. The van der Waals surface area contributed by atoms with Gasteiger partial charge in [-0.2, -0.15) is 0 Å². The van der Waals surface area contributed by atoms with Crippen LogP contribution in [0.15, 0.2) is 29.2 Å². The predicted molar refractivity (Wildman–Crippen MR) is 84.0 cm³/mol. The number of nitrogens with one attached hydrogen (secondary N) is 2. The van der Waals surface area contributed by atoms with Crippen molar-refractivity contribution in [3.63, 3.8) is 0 Å². The lowest BCUT2D eigenvalue weighted by molar-refractivity contribution is 0.533. The fourth-order valence-corrected chi connectivity index (χ4v) is 4.36. The quantitative estimate of drug-likeness (QED) is 0.853. The first kappa shape index (κ1) is 14.8. The Morgan fingerprint density at radius 2 is 1.81 bits per heavy atom. The summed E-state index contributed by atoms with van der Waals surface area (Å²) in [5.41, 5.74) is 1.12. The van der Waals surface area contributed by atoms with E-state index in [2.05, 4.69) is 14.9 Å². The minimum atomic E-state index is -3.36. The van der Waals surface area contributed by atoms with Gasteiger partial charge in [-0.1, -0.05) is 6.92 Å². The van der Waals surface area contributed by atoms with Crippen LogP contribution in [0.4, 0.5) is 5.69 Å². The largest absolute Gasteiger partial charge is 0.371 e. The zero-order valence-electron chi connectivity index (χ0n) is 12.4. The van der Waals surface area contributed by atoms with Crippen LogP contribution < -0.4 is 14.9 Å². The lowest BCUT2D eigenvalue weighted by atomic mass is 10.0. The summed E-state index contributed by atoms with van der Waals surface area (Å²) in [4.78, 5) is 2.72. The molecule has 2 aliphatic rings.